The lowest BCUT2D eigenvalue weighted by Crippen LogP contribution is -2.46. The number of hydrogen-bond donors (Lipinski definition) is 1. The SMILES string of the molecule is CNCC(C)S(=O)(=O)N1CCC(C)(C)CC1. The predicted molar refractivity (Wildman–Crippen MR) is 66.9 cm³/mol. The molecule has 5 heteroatoms. The van der Waals surface area contributed by atoms with Crippen molar-refractivity contribution < 1.29 is 8.42 Å². The van der Waals surface area contributed by atoms with Crippen LogP contribution in [0.25, 0.3) is 0 Å². The van der Waals surface area contributed by atoms with Crippen LogP contribution >= 0.6 is 0 Å². The van der Waals surface area contributed by atoms with E-state index in [2.05, 4.69) is 19.2 Å². The molecule has 0 bridgehead atoms. The number of piperidine rings is 1. The van der Waals surface area contributed by atoms with Crippen LogP contribution in [0.15, 0.2) is 0 Å². The Labute approximate surface area is 99.5 Å². The van der Waals surface area contributed by atoms with Crippen molar-refractivity contribution in [1.82, 2.24) is 9.62 Å². The Morgan fingerprint density at radius 2 is 1.81 bits per heavy atom. The molecule has 0 aliphatic carbocycles. The van der Waals surface area contributed by atoms with Crippen molar-refractivity contribution in [3.05, 3.63) is 0 Å². The summed E-state index contributed by atoms with van der Waals surface area (Å²) in [6.45, 7) is 8.03. The first-order valence-corrected chi connectivity index (χ1v) is 7.43. The van der Waals surface area contributed by atoms with Crippen molar-refractivity contribution in [2.24, 2.45) is 5.41 Å². The summed E-state index contributed by atoms with van der Waals surface area (Å²) in [7, 11) is -1.32. The summed E-state index contributed by atoms with van der Waals surface area (Å²) in [6.07, 6.45) is 1.91. The summed E-state index contributed by atoms with van der Waals surface area (Å²) in [6, 6.07) is 0. The van der Waals surface area contributed by atoms with Crippen molar-refractivity contribution in [1.29, 1.82) is 0 Å². The third-order valence-electron chi connectivity index (χ3n) is 3.44. The molecule has 0 saturated carbocycles. The topological polar surface area (TPSA) is 49.4 Å². The minimum atomic E-state index is -3.10. The molecular weight excluding hydrogens is 224 g/mol. The van der Waals surface area contributed by atoms with Gasteiger partial charge < -0.3 is 5.32 Å². The molecular formula is C11H24N2O2S. The van der Waals surface area contributed by atoms with Gasteiger partial charge in [0.2, 0.25) is 10.0 Å². The number of sulfonamides is 1. The lowest BCUT2D eigenvalue weighted by atomic mass is 9.83. The minimum Gasteiger partial charge on any atom is -0.318 e. The Hall–Kier alpha value is -0.130. The fourth-order valence-corrected chi connectivity index (χ4v) is 3.57. The largest absolute Gasteiger partial charge is 0.318 e. The van der Waals surface area contributed by atoms with E-state index in [1.807, 2.05) is 0 Å². The highest BCUT2D eigenvalue weighted by Crippen LogP contribution is 2.31. The molecule has 1 N–H and O–H groups in total. The van der Waals surface area contributed by atoms with Crippen LogP contribution in [-0.4, -0.2) is 44.7 Å². The molecule has 0 amide bonds. The van der Waals surface area contributed by atoms with E-state index >= 15 is 0 Å². The third-order valence-corrected chi connectivity index (χ3v) is 5.70. The van der Waals surface area contributed by atoms with Gasteiger partial charge in [0.25, 0.3) is 0 Å². The van der Waals surface area contributed by atoms with E-state index in [1.54, 1.807) is 18.3 Å². The first-order chi connectivity index (χ1) is 7.29. The first kappa shape index (κ1) is 13.9. The Morgan fingerprint density at radius 3 is 2.25 bits per heavy atom. The van der Waals surface area contributed by atoms with Crippen LogP contribution in [0, 0.1) is 5.41 Å². The van der Waals surface area contributed by atoms with Gasteiger partial charge in [0.15, 0.2) is 0 Å². The standard InChI is InChI=1S/C11H24N2O2S/c1-10(9-12-4)16(14,15)13-7-5-11(2,3)6-8-13/h10,12H,5-9H2,1-4H3. The van der Waals surface area contributed by atoms with Crippen LogP contribution in [0.2, 0.25) is 0 Å². The van der Waals surface area contributed by atoms with Gasteiger partial charge in [-0.3, -0.25) is 0 Å². The van der Waals surface area contributed by atoms with Crippen LogP contribution in [0.4, 0.5) is 0 Å². The van der Waals surface area contributed by atoms with E-state index in [-0.39, 0.29) is 10.7 Å². The Bertz CT molecular complexity index is 315. The summed E-state index contributed by atoms with van der Waals surface area (Å²) < 4.78 is 26.0. The van der Waals surface area contributed by atoms with Gasteiger partial charge in [-0.25, -0.2) is 12.7 Å². The first-order valence-electron chi connectivity index (χ1n) is 5.93. The summed E-state index contributed by atoms with van der Waals surface area (Å²) in [4.78, 5) is 0. The Morgan fingerprint density at radius 1 is 1.31 bits per heavy atom. The molecule has 1 aliphatic heterocycles. The van der Waals surface area contributed by atoms with E-state index in [1.165, 1.54) is 0 Å². The average Bonchev–Trinajstić information content (AvgIpc) is 2.17. The second-order valence-corrected chi connectivity index (χ2v) is 7.83. The maximum Gasteiger partial charge on any atom is 0.217 e. The van der Waals surface area contributed by atoms with Gasteiger partial charge in [-0.2, -0.15) is 0 Å². The van der Waals surface area contributed by atoms with Crippen molar-refractivity contribution in [2.45, 2.75) is 38.9 Å². The molecule has 0 aromatic carbocycles. The second-order valence-electron chi connectivity index (χ2n) is 5.48. The zero-order chi connectivity index (χ0) is 12.4. The van der Waals surface area contributed by atoms with Crippen molar-refractivity contribution in [3.8, 4) is 0 Å². The molecule has 1 heterocycles. The van der Waals surface area contributed by atoms with E-state index in [4.69, 9.17) is 0 Å². The highest BCUT2D eigenvalue weighted by atomic mass is 32.2. The predicted octanol–water partition coefficient (Wildman–Crippen LogP) is 1.05. The van der Waals surface area contributed by atoms with Gasteiger partial charge in [0.1, 0.15) is 0 Å². The van der Waals surface area contributed by atoms with Gasteiger partial charge in [-0.05, 0) is 32.2 Å². The number of rotatable bonds is 4. The zero-order valence-electron chi connectivity index (χ0n) is 10.8. The summed E-state index contributed by atoms with van der Waals surface area (Å²) in [5.41, 5.74) is 0.290. The maximum absolute atomic E-state index is 12.2. The fraction of sp³-hybridized carbons (Fsp3) is 1.00. The van der Waals surface area contributed by atoms with Crippen LogP contribution in [0.5, 0.6) is 0 Å². The van der Waals surface area contributed by atoms with E-state index in [0.717, 1.165) is 12.8 Å². The second kappa shape index (κ2) is 5.02. The lowest BCUT2D eigenvalue weighted by Gasteiger charge is -2.37. The number of hydrogen-bond acceptors (Lipinski definition) is 3. The summed E-state index contributed by atoms with van der Waals surface area (Å²) >= 11 is 0. The van der Waals surface area contributed by atoms with Crippen LogP contribution in [0.3, 0.4) is 0 Å². The lowest BCUT2D eigenvalue weighted by molar-refractivity contribution is 0.195. The van der Waals surface area contributed by atoms with Gasteiger partial charge in [0, 0.05) is 19.6 Å². The van der Waals surface area contributed by atoms with Crippen LogP contribution in [0.1, 0.15) is 33.6 Å². The smallest absolute Gasteiger partial charge is 0.217 e. The molecule has 96 valence electrons. The number of nitrogens with one attached hydrogen (secondary N) is 1. The molecule has 1 aliphatic rings. The van der Waals surface area contributed by atoms with E-state index < -0.39 is 10.0 Å². The molecule has 0 aromatic heterocycles. The molecule has 1 unspecified atom stereocenters. The van der Waals surface area contributed by atoms with Gasteiger partial charge >= 0.3 is 0 Å². The third kappa shape index (κ3) is 3.18. The molecule has 0 radical (unpaired) electrons. The summed E-state index contributed by atoms with van der Waals surface area (Å²) in [5.74, 6) is 0. The quantitative estimate of drug-likeness (QED) is 0.809. The highest BCUT2D eigenvalue weighted by molar-refractivity contribution is 7.89. The van der Waals surface area contributed by atoms with Crippen molar-refractivity contribution in [2.75, 3.05) is 26.7 Å². The molecule has 1 fully saturated rings. The van der Waals surface area contributed by atoms with Crippen molar-refractivity contribution >= 4 is 10.0 Å². The molecule has 1 saturated heterocycles. The summed E-state index contributed by atoms with van der Waals surface area (Å²) in [5, 5.41) is 2.59. The Kier molecular flexibility index (Phi) is 4.37. The molecule has 4 nitrogen and oxygen atoms in total. The number of nitrogens with zero attached hydrogens (tertiary/aromatic N) is 1. The highest BCUT2D eigenvalue weighted by Gasteiger charge is 2.34. The van der Waals surface area contributed by atoms with E-state index in [0.29, 0.717) is 19.6 Å². The van der Waals surface area contributed by atoms with Crippen LogP contribution in [-0.2, 0) is 10.0 Å². The average molecular weight is 248 g/mol. The fourth-order valence-electron chi connectivity index (χ4n) is 1.99. The monoisotopic (exact) mass is 248 g/mol. The maximum atomic E-state index is 12.2. The normalized spacial score (nSPS) is 24.2. The molecule has 1 atom stereocenters. The molecule has 16 heavy (non-hydrogen) atoms. The van der Waals surface area contributed by atoms with Crippen molar-refractivity contribution in [3.63, 3.8) is 0 Å². The molecule has 0 spiro atoms. The minimum absolute atomic E-state index is 0.290. The molecule has 0 aromatic rings. The zero-order valence-corrected chi connectivity index (χ0v) is 11.6. The Balaban J connectivity index is 2.65. The van der Waals surface area contributed by atoms with Crippen LogP contribution < -0.4 is 5.32 Å². The van der Waals surface area contributed by atoms with Gasteiger partial charge in [-0.15, -0.1) is 0 Å². The van der Waals surface area contributed by atoms with E-state index in [9.17, 15) is 8.42 Å². The molecule has 1 rings (SSSR count). The van der Waals surface area contributed by atoms with Gasteiger partial charge in [0.05, 0.1) is 5.25 Å². The van der Waals surface area contributed by atoms with Gasteiger partial charge in [-0.1, -0.05) is 13.8 Å².